The molecular weight excluding hydrogens is 172 g/mol. The highest BCUT2D eigenvalue weighted by Gasteiger charge is 1.61. The molecule has 0 heterocycles. The van der Waals surface area contributed by atoms with Crippen LogP contribution in [0.1, 0.15) is 13.3 Å². The molecule has 0 saturated heterocycles. The van der Waals surface area contributed by atoms with Gasteiger partial charge in [0.05, 0.1) is 0 Å². The molecule has 1 heteroatoms. The van der Waals surface area contributed by atoms with Gasteiger partial charge in [-0.1, -0.05) is 37.0 Å². The van der Waals surface area contributed by atoms with Gasteiger partial charge in [0.2, 0.25) is 0 Å². The van der Waals surface area contributed by atoms with Crippen LogP contribution in [-0.4, -0.2) is 6.29 Å². The van der Waals surface area contributed by atoms with E-state index in [0.29, 0.717) is 6.29 Å². The van der Waals surface area contributed by atoms with E-state index in [0.717, 1.165) is 6.42 Å². The maximum atomic E-state index is 9.83. The summed E-state index contributed by atoms with van der Waals surface area (Å²) in [6, 6.07) is 0. The van der Waals surface area contributed by atoms with Gasteiger partial charge in [0, 0.05) is 0 Å². The summed E-state index contributed by atoms with van der Waals surface area (Å²) >= 11 is 0. The van der Waals surface area contributed by atoms with Crippen LogP contribution < -0.4 is 0 Å². The fourth-order valence-corrected chi connectivity index (χ4v) is 0.561. The van der Waals surface area contributed by atoms with E-state index in [1.54, 1.807) is 6.08 Å². The summed E-state index contributed by atoms with van der Waals surface area (Å²) in [5.74, 6) is 10.5. The van der Waals surface area contributed by atoms with Crippen molar-refractivity contribution < 1.29 is 4.79 Å². The van der Waals surface area contributed by atoms with E-state index in [2.05, 4.69) is 30.6 Å². The quantitative estimate of drug-likeness (QED) is 0.284. The van der Waals surface area contributed by atoms with Gasteiger partial charge in [0.15, 0.2) is 0 Å². The molecule has 0 spiro atoms. The molecule has 0 aromatic heterocycles. The Kier molecular flexibility index (Phi) is 9.45. The first-order valence-electron chi connectivity index (χ1n) is 4.35. The Morgan fingerprint density at radius 3 is 2.21 bits per heavy atom. The molecular formula is C13H12O. The van der Waals surface area contributed by atoms with Crippen molar-refractivity contribution >= 4 is 6.29 Å². The normalized spacial score (nSPS) is 9.79. The molecule has 14 heavy (non-hydrogen) atoms. The van der Waals surface area contributed by atoms with Crippen molar-refractivity contribution in [1.82, 2.24) is 0 Å². The van der Waals surface area contributed by atoms with E-state index < -0.39 is 0 Å². The summed E-state index contributed by atoms with van der Waals surface area (Å²) in [7, 11) is 0. The summed E-state index contributed by atoms with van der Waals surface area (Å²) in [5.41, 5.74) is 0. The lowest BCUT2D eigenvalue weighted by molar-refractivity contribution is -0.104. The molecule has 0 aliphatic rings. The van der Waals surface area contributed by atoms with Gasteiger partial charge in [-0.05, 0) is 36.5 Å². The van der Waals surface area contributed by atoms with E-state index in [1.165, 1.54) is 12.2 Å². The zero-order valence-corrected chi connectivity index (χ0v) is 8.16. The highest BCUT2D eigenvalue weighted by atomic mass is 16.1. The van der Waals surface area contributed by atoms with Crippen molar-refractivity contribution in [2.45, 2.75) is 13.3 Å². The number of carbonyl (C=O) groups is 1. The van der Waals surface area contributed by atoms with Crippen LogP contribution >= 0.6 is 0 Å². The van der Waals surface area contributed by atoms with E-state index >= 15 is 0 Å². The Labute approximate surface area is 85.2 Å². The lowest BCUT2D eigenvalue weighted by atomic mass is 10.4. The molecule has 0 fully saturated rings. The van der Waals surface area contributed by atoms with Gasteiger partial charge in [0.1, 0.15) is 6.29 Å². The highest BCUT2D eigenvalue weighted by molar-refractivity contribution is 5.65. The molecule has 70 valence electrons. The van der Waals surface area contributed by atoms with Crippen molar-refractivity contribution in [3.8, 4) is 23.7 Å². The van der Waals surface area contributed by atoms with Gasteiger partial charge >= 0.3 is 0 Å². The third-order valence-corrected chi connectivity index (χ3v) is 1.13. The average Bonchev–Trinajstić information content (AvgIpc) is 2.21. The first kappa shape index (κ1) is 12.0. The molecule has 0 aromatic carbocycles. The molecule has 0 atom stereocenters. The molecule has 0 radical (unpaired) electrons. The minimum Gasteiger partial charge on any atom is -0.299 e. The molecule has 0 bridgehead atoms. The van der Waals surface area contributed by atoms with Crippen molar-refractivity contribution in [1.29, 1.82) is 0 Å². The second-order valence-corrected chi connectivity index (χ2v) is 2.23. The monoisotopic (exact) mass is 184 g/mol. The second-order valence-electron chi connectivity index (χ2n) is 2.23. The molecule has 0 aromatic rings. The van der Waals surface area contributed by atoms with Crippen LogP contribution in [-0.2, 0) is 4.79 Å². The Balaban J connectivity index is 3.86. The van der Waals surface area contributed by atoms with Crippen LogP contribution in [0.15, 0.2) is 36.5 Å². The SMILES string of the molecule is CC/C=C/C=C/C#CC#C/C=C/C=O. The van der Waals surface area contributed by atoms with Gasteiger partial charge in [-0.2, -0.15) is 0 Å². The Bertz CT molecular complexity index is 348. The number of rotatable bonds is 3. The highest BCUT2D eigenvalue weighted by Crippen LogP contribution is 1.80. The standard InChI is InChI=1S/C13H12O/c1-2-3-4-5-6-7-8-9-10-11-12-13-14/h3-6,11-13H,2H2,1H3/b4-3+,6-5+,12-11+. The molecule has 1 nitrogen and oxygen atoms in total. The van der Waals surface area contributed by atoms with Gasteiger partial charge < -0.3 is 0 Å². The Morgan fingerprint density at radius 1 is 1.00 bits per heavy atom. The maximum Gasteiger partial charge on any atom is 0.143 e. The average molecular weight is 184 g/mol. The lowest BCUT2D eigenvalue weighted by Gasteiger charge is -1.71. The first-order valence-corrected chi connectivity index (χ1v) is 4.35. The number of allylic oxidation sites excluding steroid dienone is 6. The molecule has 0 rings (SSSR count). The summed E-state index contributed by atoms with van der Waals surface area (Å²) in [6.07, 6.45) is 12.1. The summed E-state index contributed by atoms with van der Waals surface area (Å²) in [4.78, 5) is 9.83. The molecule has 0 saturated carbocycles. The summed E-state index contributed by atoms with van der Waals surface area (Å²) in [6.45, 7) is 2.07. The molecule has 0 N–H and O–H groups in total. The van der Waals surface area contributed by atoms with Crippen LogP contribution in [0.2, 0.25) is 0 Å². The second kappa shape index (κ2) is 11.0. The van der Waals surface area contributed by atoms with Crippen LogP contribution in [0.25, 0.3) is 0 Å². The van der Waals surface area contributed by atoms with E-state index in [1.807, 2.05) is 18.2 Å². The fraction of sp³-hybridized carbons (Fsp3) is 0.154. The van der Waals surface area contributed by atoms with Gasteiger partial charge in [0.25, 0.3) is 0 Å². The summed E-state index contributed by atoms with van der Waals surface area (Å²) in [5, 5.41) is 0. The van der Waals surface area contributed by atoms with Crippen molar-refractivity contribution in [2.24, 2.45) is 0 Å². The van der Waals surface area contributed by atoms with Gasteiger partial charge in [-0.3, -0.25) is 4.79 Å². The fourth-order valence-electron chi connectivity index (χ4n) is 0.561. The minimum atomic E-state index is 0.678. The number of carbonyl (C=O) groups excluding carboxylic acids is 1. The van der Waals surface area contributed by atoms with E-state index in [9.17, 15) is 4.79 Å². The lowest BCUT2D eigenvalue weighted by Crippen LogP contribution is -1.57. The third kappa shape index (κ3) is 10.0. The molecule has 0 aliphatic carbocycles. The number of hydrogen-bond donors (Lipinski definition) is 0. The van der Waals surface area contributed by atoms with E-state index in [4.69, 9.17) is 0 Å². The zero-order chi connectivity index (χ0) is 10.5. The number of aldehydes is 1. The Hall–Kier alpha value is -1.99. The molecule has 0 unspecified atom stereocenters. The van der Waals surface area contributed by atoms with Crippen molar-refractivity contribution in [3.63, 3.8) is 0 Å². The van der Waals surface area contributed by atoms with Gasteiger partial charge in [-0.15, -0.1) is 0 Å². The topological polar surface area (TPSA) is 17.1 Å². The summed E-state index contributed by atoms with van der Waals surface area (Å²) < 4.78 is 0. The molecule has 0 amide bonds. The third-order valence-electron chi connectivity index (χ3n) is 1.13. The predicted molar refractivity (Wildman–Crippen MR) is 59.3 cm³/mol. The Morgan fingerprint density at radius 2 is 1.64 bits per heavy atom. The van der Waals surface area contributed by atoms with Crippen molar-refractivity contribution in [3.05, 3.63) is 36.5 Å². The first-order chi connectivity index (χ1) is 6.91. The van der Waals surface area contributed by atoms with Crippen molar-refractivity contribution in [2.75, 3.05) is 0 Å². The smallest absolute Gasteiger partial charge is 0.143 e. The van der Waals surface area contributed by atoms with Crippen LogP contribution in [0, 0.1) is 23.7 Å². The van der Waals surface area contributed by atoms with Crippen LogP contribution in [0.4, 0.5) is 0 Å². The maximum absolute atomic E-state index is 9.83. The van der Waals surface area contributed by atoms with Crippen LogP contribution in [0.5, 0.6) is 0 Å². The van der Waals surface area contributed by atoms with E-state index in [-0.39, 0.29) is 0 Å². The predicted octanol–water partition coefficient (Wildman–Crippen LogP) is 2.27. The van der Waals surface area contributed by atoms with Gasteiger partial charge in [-0.25, -0.2) is 0 Å². The largest absolute Gasteiger partial charge is 0.299 e. The number of hydrogen-bond acceptors (Lipinski definition) is 1. The van der Waals surface area contributed by atoms with Crippen LogP contribution in [0.3, 0.4) is 0 Å². The minimum absolute atomic E-state index is 0.678. The molecule has 0 aliphatic heterocycles. The zero-order valence-electron chi connectivity index (χ0n) is 8.16.